The summed E-state index contributed by atoms with van der Waals surface area (Å²) in [6, 6.07) is 7.72. The van der Waals surface area contributed by atoms with Crippen molar-refractivity contribution in [2.45, 2.75) is 19.3 Å². The van der Waals surface area contributed by atoms with Crippen LogP contribution in [0.1, 0.15) is 18.4 Å². The molecule has 0 spiro atoms. The first-order chi connectivity index (χ1) is 9.26. The summed E-state index contributed by atoms with van der Waals surface area (Å²) in [5, 5.41) is 11.9. The smallest absolute Gasteiger partial charge is 0.228 e. The van der Waals surface area contributed by atoms with E-state index in [-0.39, 0.29) is 18.4 Å². The minimum atomic E-state index is 0.145. The molecular formula is C16H19NO2. The Morgan fingerprint density at radius 2 is 2.00 bits per heavy atom. The van der Waals surface area contributed by atoms with Crippen molar-refractivity contribution in [3.05, 3.63) is 42.0 Å². The van der Waals surface area contributed by atoms with E-state index in [4.69, 9.17) is 5.11 Å². The third-order valence-electron chi connectivity index (χ3n) is 4.24. The largest absolute Gasteiger partial charge is 0.396 e. The molecule has 0 heterocycles. The SMILES string of the molecule is O=C(Nc1ccc(CCO)cc1)C1CC2C=CC1C2. The lowest BCUT2D eigenvalue weighted by atomic mass is 9.93. The molecule has 1 aromatic carbocycles. The summed E-state index contributed by atoms with van der Waals surface area (Å²) in [5.74, 6) is 1.35. The van der Waals surface area contributed by atoms with Gasteiger partial charge in [-0.3, -0.25) is 4.79 Å². The lowest BCUT2D eigenvalue weighted by Gasteiger charge is -2.17. The van der Waals surface area contributed by atoms with Gasteiger partial charge in [0, 0.05) is 18.2 Å². The van der Waals surface area contributed by atoms with Gasteiger partial charge in [-0.15, -0.1) is 0 Å². The molecule has 3 nitrogen and oxygen atoms in total. The average molecular weight is 257 g/mol. The zero-order valence-corrected chi connectivity index (χ0v) is 10.9. The van der Waals surface area contributed by atoms with E-state index in [1.54, 1.807) is 0 Å². The standard InChI is InChI=1S/C16H19NO2/c18-8-7-11-2-5-14(6-3-11)17-16(19)15-10-12-1-4-13(15)9-12/h1-6,12-13,15,18H,7-10H2,(H,17,19). The van der Waals surface area contributed by atoms with E-state index in [1.807, 2.05) is 24.3 Å². The van der Waals surface area contributed by atoms with Gasteiger partial charge < -0.3 is 10.4 Å². The molecule has 0 aromatic heterocycles. The summed E-state index contributed by atoms with van der Waals surface area (Å²) >= 11 is 0. The Hall–Kier alpha value is -1.61. The topological polar surface area (TPSA) is 49.3 Å². The van der Waals surface area contributed by atoms with Crippen molar-refractivity contribution in [2.75, 3.05) is 11.9 Å². The molecule has 1 amide bonds. The van der Waals surface area contributed by atoms with E-state index < -0.39 is 0 Å². The monoisotopic (exact) mass is 257 g/mol. The van der Waals surface area contributed by atoms with E-state index in [9.17, 15) is 4.79 Å². The number of aliphatic hydroxyl groups is 1. The van der Waals surface area contributed by atoms with Crippen LogP contribution in [0.2, 0.25) is 0 Å². The van der Waals surface area contributed by atoms with Gasteiger partial charge in [0.25, 0.3) is 0 Å². The van der Waals surface area contributed by atoms with E-state index in [1.165, 1.54) is 0 Å². The molecule has 1 fully saturated rings. The Balaban J connectivity index is 1.61. The summed E-state index contributed by atoms with van der Waals surface area (Å²) in [4.78, 5) is 12.2. The number of hydrogen-bond acceptors (Lipinski definition) is 2. The van der Waals surface area contributed by atoms with E-state index in [0.29, 0.717) is 18.3 Å². The predicted octanol–water partition coefficient (Wildman–Crippen LogP) is 2.37. The van der Waals surface area contributed by atoms with Crippen molar-refractivity contribution in [3.63, 3.8) is 0 Å². The summed E-state index contributed by atoms with van der Waals surface area (Å²) < 4.78 is 0. The van der Waals surface area contributed by atoms with Crippen molar-refractivity contribution < 1.29 is 9.90 Å². The van der Waals surface area contributed by atoms with E-state index >= 15 is 0 Å². The average Bonchev–Trinajstić information content (AvgIpc) is 3.04. The van der Waals surface area contributed by atoms with Crippen molar-refractivity contribution in [2.24, 2.45) is 17.8 Å². The molecule has 0 aliphatic heterocycles. The quantitative estimate of drug-likeness (QED) is 0.814. The minimum Gasteiger partial charge on any atom is -0.396 e. The first-order valence-electron chi connectivity index (χ1n) is 6.95. The third kappa shape index (κ3) is 2.56. The van der Waals surface area contributed by atoms with Gasteiger partial charge in [-0.1, -0.05) is 24.3 Å². The fourth-order valence-electron chi connectivity index (χ4n) is 3.20. The molecule has 1 aromatic rings. The molecule has 3 heteroatoms. The maximum absolute atomic E-state index is 12.2. The number of amides is 1. The van der Waals surface area contributed by atoms with Crippen LogP contribution in [0, 0.1) is 17.8 Å². The summed E-state index contributed by atoms with van der Waals surface area (Å²) in [6.07, 6.45) is 7.25. The van der Waals surface area contributed by atoms with Gasteiger partial charge >= 0.3 is 0 Å². The Bertz CT molecular complexity index is 492. The van der Waals surface area contributed by atoms with Crippen LogP contribution in [0.5, 0.6) is 0 Å². The summed E-state index contributed by atoms with van der Waals surface area (Å²) in [5.41, 5.74) is 1.93. The lowest BCUT2D eigenvalue weighted by Crippen LogP contribution is -2.25. The van der Waals surface area contributed by atoms with Gasteiger partial charge in [0.05, 0.1) is 0 Å². The lowest BCUT2D eigenvalue weighted by molar-refractivity contribution is -0.120. The number of carbonyl (C=O) groups is 1. The van der Waals surface area contributed by atoms with Crippen LogP contribution in [0.4, 0.5) is 5.69 Å². The van der Waals surface area contributed by atoms with Crippen molar-refractivity contribution in [1.29, 1.82) is 0 Å². The third-order valence-corrected chi connectivity index (χ3v) is 4.24. The summed E-state index contributed by atoms with van der Waals surface area (Å²) in [6.45, 7) is 0.156. The maximum atomic E-state index is 12.2. The number of fused-ring (bicyclic) bond motifs is 2. The van der Waals surface area contributed by atoms with E-state index in [2.05, 4.69) is 17.5 Å². The normalized spacial score (nSPS) is 27.7. The molecule has 0 radical (unpaired) electrons. The second-order valence-corrected chi connectivity index (χ2v) is 5.55. The molecule has 100 valence electrons. The second-order valence-electron chi connectivity index (χ2n) is 5.55. The molecule has 3 atom stereocenters. The van der Waals surface area contributed by atoms with Gasteiger partial charge in [0.2, 0.25) is 5.91 Å². The Kier molecular flexibility index (Phi) is 3.38. The minimum absolute atomic E-state index is 0.145. The fraction of sp³-hybridized carbons (Fsp3) is 0.438. The zero-order valence-electron chi connectivity index (χ0n) is 10.9. The molecule has 2 bridgehead atoms. The number of nitrogens with one attached hydrogen (secondary N) is 1. The maximum Gasteiger partial charge on any atom is 0.228 e. The van der Waals surface area contributed by atoms with Crippen LogP contribution in [-0.4, -0.2) is 17.6 Å². The van der Waals surface area contributed by atoms with Crippen molar-refractivity contribution >= 4 is 11.6 Å². The molecular weight excluding hydrogens is 238 g/mol. The van der Waals surface area contributed by atoms with Crippen LogP contribution in [0.15, 0.2) is 36.4 Å². The first-order valence-corrected chi connectivity index (χ1v) is 6.95. The molecule has 1 saturated carbocycles. The first kappa shape index (κ1) is 12.4. The number of rotatable bonds is 4. The number of anilines is 1. The van der Waals surface area contributed by atoms with Crippen LogP contribution >= 0.6 is 0 Å². The molecule has 2 aliphatic rings. The van der Waals surface area contributed by atoms with Gasteiger partial charge in [0.1, 0.15) is 0 Å². The molecule has 19 heavy (non-hydrogen) atoms. The van der Waals surface area contributed by atoms with Gasteiger partial charge in [-0.2, -0.15) is 0 Å². The highest BCUT2D eigenvalue weighted by Gasteiger charge is 2.39. The van der Waals surface area contributed by atoms with Crippen LogP contribution in [0.25, 0.3) is 0 Å². The number of carbonyl (C=O) groups excluding carboxylic acids is 1. The number of benzene rings is 1. The number of aliphatic hydroxyl groups excluding tert-OH is 1. The zero-order chi connectivity index (χ0) is 13.2. The van der Waals surface area contributed by atoms with Gasteiger partial charge in [-0.05, 0) is 48.8 Å². The van der Waals surface area contributed by atoms with Gasteiger partial charge in [-0.25, -0.2) is 0 Å². The number of allylic oxidation sites excluding steroid dienone is 2. The second kappa shape index (κ2) is 5.17. The van der Waals surface area contributed by atoms with Gasteiger partial charge in [0.15, 0.2) is 0 Å². The Morgan fingerprint density at radius 3 is 2.58 bits per heavy atom. The van der Waals surface area contributed by atoms with E-state index in [0.717, 1.165) is 24.1 Å². The van der Waals surface area contributed by atoms with Crippen molar-refractivity contribution in [3.8, 4) is 0 Å². The molecule has 0 saturated heterocycles. The fourth-order valence-corrected chi connectivity index (χ4v) is 3.20. The number of hydrogen-bond donors (Lipinski definition) is 2. The van der Waals surface area contributed by atoms with Crippen LogP contribution in [0.3, 0.4) is 0 Å². The van der Waals surface area contributed by atoms with Crippen molar-refractivity contribution in [1.82, 2.24) is 0 Å². The van der Waals surface area contributed by atoms with Crippen LogP contribution in [-0.2, 0) is 11.2 Å². The molecule has 3 rings (SSSR count). The Labute approximate surface area is 113 Å². The molecule has 2 N–H and O–H groups in total. The highest BCUT2D eigenvalue weighted by molar-refractivity contribution is 5.93. The van der Waals surface area contributed by atoms with Crippen LogP contribution < -0.4 is 5.32 Å². The molecule has 3 unspecified atom stereocenters. The summed E-state index contributed by atoms with van der Waals surface area (Å²) in [7, 11) is 0. The highest BCUT2D eigenvalue weighted by atomic mass is 16.2. The molecule has 2 aliphatic carbocycles. The predicted molar refractivity (Wildman–Crippen MR) is 74.7 cm³/mol. The highest BCUT2D eigenvalue weighted by Crippen LogP contribution is 2.43. The Morgan fingerprint density at radius 1 is 1.21 bits per heavy atom.